The zero-order chi connectivity index (χ0) is 20.7. The predicted molar refractivity (Wildman–Crippen MR) is 114 cm³/mol. The maximum absolute atomic E-state index is 12.9. The Morgan fingerprint density at radius 3 is 2.77 bits per heavy atom. The van der Waals surface area contributed by atoms with E-state index in [1.54, 1.807) is 16.6 Å². The van der Waals surface area contributed by atoms with E-state index in [-0.39, 0.29) is 5.91 Å². The van der Waals surface area contributed by atoms with E-state index in [2.05, 4.69) is 20.6 Å². The lowest BCUT2D eigenvalue weighted by molar-refractivity contribution is 0.102. The number of halogens is 1. The molecule has 0 saturated carbocycles. The number of anilines is 1. The quantitative estimate of drug-likeness (QED) is 0.511. The van der Waals surface area contributed by atoms with Crippen molar-refractivity contribution >= 4 is 39.5 Å². The van der Waals surface area contributed by atoms with Crippen LogP contribution in [-0.2, 0) is 0 Å². The summed E-state index contributed by atoms with van der Waals surface area (Å²) in [7, 11) is 0. The SMILES string of the molecule is Cc1nnc2sc(-c3cccc(NC(=O)c4cc5c(cc4Cl)OCCCO5)c3)nn12. The summed E-state index contributed by atoms with van der Waals surface area (Å²) < 4.78 is 13.0. The van der Waals surface area contributed by atoms with Gasteiger partial charge in [0.1, 0.15) is 5.01 Å². The molecule has 2 aromatic carbocycles. The maximum Gasteiger partial charge on any atom is 0.257 e. The van der Waals surface area contributed by atoms with Crippen LogP contribution in [-0.4, -0.2) is 38.9 Å². The minimum Gasteiger partial charge on any atom is -0.490 e. The molecule has 1 aliphatic heterocycles. The van der Waals surface area contributed by atoms with Crippen molar-refractivity contribution in [2.45, 2.75) is 13.3 Å². The van der Waals surface area contributed by atoms with Gasteiger partial charge < -0.3 is 14.8 Å². The number of ether oxygens (including phenoxy) is 2. The van der Waals surface area contributed by atoms with Gasteiger partial charge in [0.25, 0.3) is 5.91 Å². The zero-order valence-corrected chi connectivity index (χ0v) is 17.5. The molecule has 3 heterocycles. The summed E-state index contributed by atoms with van der Waals surface area (Å²) in [5, 5.41) is 16.6. The third-order valence-electron chi connectivity index (χ3n) is 4.60. The monoisotopic (exact) mass is 441 g/mol. The minimum absolute atomic E-state index is 0.303. The molecule has 1 aliphatic rings. The van der Waals surface area contributed by atoms with Gasteiger partial charge in [-0.3, -0.25) is 4.79 Å². The van der Waals surface area contributed by atoms with Crippen molar-refractivity contribution in [3.8, 4) is 22.1 Å². The fourth-order valence-corrected chi connectivity index (χ4v) is 4.24. The first-order valence-electron chi connectivity index (χ1n) is 9.28. The van der Waals surface area contributed by atoms with Crippen LogP contribution in [0.5, 0.6) is 11.5 Å². The van der Waals surface area contributed by atoms with Crippen LogP contribution in [0.3, 0.4) is 0 Å². The number of aromatic nitrogens is 4. The van der Waals surface area contributed by atoms with Gasteiger partial charge in [-0.2, -0.15) is 9.61 Å². The van der Waals surface area contributed by atoms with E-state index < -0.39 is 0 Å². The van der Waals surface area contributed by atoms with Crippen molar-refractivity contribution in [1.82, 2.24) is 19.8 Å². The highest BCUT2D eigenvalue weighted by Crippen LogP contribution is 2.35. The Hall–Kier alpha value is -3.17. The molecule has 30 heavy (non-hydrogen) atoms. The molecule has 0 radical (unpaired) electrons. The molecule has 10 heteroatoms. The lowest BCUT2D eigenvalue weighted by atomic mass is 10.1. The van der Waals surface area contributed by atoms with Crippen LogP contribution in [0.1, 0.15) is 22.6 Å². The van der Waals surface area contributed by atoms with E-state index >= 15 is 0 Å². The maximum atomic E-state index is 12.9. The summed E-state index contributed by atoms with van der Waals surface area (Å²) in [6, 6.07) is 10.7. The highest BCUT2D eigenvalue weighted by Gasteiger charge is 2.19. The Labute approximate surface area is 180 Å². The van der Waals surface area contributed by atoms with Crippen molar-refractivity contribution in [2.75, 3.05) is 18.5 Å². The molecule has 1 amide bonds. The molecule has 8 nitrogen and oxygen atoms in total. The Morgan fingerprint density at radius 1 is 1.17 bits per heavy atom. The average Bonchev–Trinajstić information content (AvgIpc) is 3.23. The van der Waals surface area contributed by atoms with Crippen molar-refractivity contribution < 1.29 is 14.3 Å². The van der Waals surface area contributed by atoms with Crippen LogP contribution in [0.25, 0.3) is 15.5 Å². The fourth-order valence-electron chi connectivity index (χ4n) is 3.12. The van der Waals surface area contributed by atoms with Crippen molar-refractivity contribution in [3.63, 3.8) is 0 Å². The van der Waals surface area contributed by atoms with Gasteiger partial charge in [0.2, 0.25) is 4.96 Å². The van der Waals surface area contributed by atoms with Gasteiger partial charge >= 0.3 is 0 Å². The molecule has 0 saturated heterocycles. The number of carbonyl (C=O) groups excluding carboxylic acids is 1. The third kappa shape index (κ3) is 3.46. The number of nitrogens with one attached hydrogen (secondary N) is 1. The molecule has 2 aromatic heterocycles. The summed E-state index contributed by atoms with van der Waals surface area (Å²) in [5.41, 5.74) is 1.82. The molecule has 0 fully saturated rings. The zero-order valence-electron chi connectivity index (χ0n) is 15.9. The van der Waals surface area contributed by atoms with E-state index in [1.165, 1.54) is 11.3 Å². The molecule has 152 valence electrons. The van der Waals surface area contributed by atoms with Crippen molar-refractivity contribution in [1.29, 1.82) is 0 Å². The number of carbonyl (C=O) groups is 1. The predicted octanol–water partition coefficient (Wildman–Crippen LogP) is 4.23. The summed E-state index contributed by atoms with van der Waals surface area (Å²) in [6.45, 7) is 2.93. The van der Waals surface area contributed by atoms with Gasteiger partial charge in [0, 0.05) is 23.7 Å². The number of hydrogen-bond acceptors (Lipinski definition) is 7. The second-order valence-corrected chi connectivity index (χ2v) is 8.08. The molecule has 0 atom stereocenters. The molecule has 0 aliphatic carbocycles. The van der Waals surface area contributed by atoms with E-state index in [4.69, 9.17) is 21.1 Å². The molecule has 1 N–H and O–H groups in total. The highest BCUT2D eigenvalue weighted by molar-refractivity contribution is 7.19. The van der Waals surface area contributed by atoms with Crippen molar-refractivity contribution in [2.24, 2.45) is 0 Å². The first kappa shape index (κ1) is 18.8. The normalized spacial score (nSPS) is 13.3. The first-order valence-corrected chi connectivity index (χ1v) is 10.5. The van der Waals surface area contributed by atoms with E-state index in [0.717, 1.165) is 27.8 Å². The Kier molecular flexibility index (Phi) is 4.76. The fraction of sp³-hybridized carbons (Fsp3) is 0.200. The standard InChI is InChI=1S/C20H16ClN5O3S/c1-11-23-24-20-26(11)25-19(30-20)12-4-2-5-13(8-12)22-18(27)14-9-16-17(10-15(14)21)29-7-3-6-28-16/h2,4-5,8-10H,3,6-7H2,1H3,(H,22,27). The summed E-state index contributed by atoms with van der Waals surface area (Å²) >= 11 is 7.76. The third-order valence-corrected chi connectivity index (χ3v) is 5.86. The number of fused-ring (bicyclic) bond motifs is 2. The van der Waals surface area contributed by atoms with Crippen LogP contribution >= 0.6 is 22.9 Å². The van der Waals surface area contributed by atoms with Gasteiger partial charge in [0.15, 0.2) is 17.3 Å². The average molecular weight is 442 g/mol. The lowest BCUT2D eigenvalue weighted by Gasteiger charge is -2.12. The van der Waals surface area contributed by atoms with Gasteiger partial charge in [-0.15, -0.1) is 10.2 Å². The largest absolute Gasteiger partial charge is 0.490 e. The molecular weight excluding hydrogens is 426 g/mol. The van der Waals surface area contributed by atoms with E-state index in [1.807, 2.05) is 31.2 Å². The topological polar surface area (TPSA) is 90.6 Å². The van der Waals surface area contributed by atoms with Crippen LogP contribution in [0.15, 0.2) is 36.4 Å². The molecule has 0 spiro atoms. The van der Waals surface area contributed by atoms with Gasteiger partial charge in [0.05, 0.1) is 23.8 Å². The lowest BCUT2D eigenvalue weighted by Crippen LogP contribution is -2.13. The number of rotatable bonds is 3. The molecule has 0 bridgehead atoms. The number of nitrogens with zero attached hydrogens (tertiary/aromatic N) is 4. The van der Waals surface area contributed by atoms with Crippen LogP contribution in [0.4, 0.5) is 5.69 Å². The van der Waals surface area contributed by atoms with Gasteiger partial charge in [-0.1, -0.05) is 35.1 Å². The Bertz CT molecular complexity index is 1270. The van der Waals surface area contributed by atoms with Gasteiger partial charge in [-0.05, 0) is 25.1 Å². The number of amides is 1. The molecule has 0 unspecified atom stereocenters. The Balaban J connectivity index is 1.41. The highest BCUT2D eigenvalue weighted by atomic mass is 35.5. The van der Waals surface area contributed by atoms with Crippen molar-refractivity contribution in [3.05, 3.63) is 52.8 Å². The van der Waals surface area contributed by atoms with Crippen LogP contribution in [0, 0.1) is 6.92 Å². The summed E-state index contributed by atoms with van der Waals surface area (Å²) in [5.74, 6) is 1.46. The first-order chi connectivity index (χ1) is 14.6. The van der Waals surface area contributed by atoms with Gasteiger partial charge in [-0.25, -0.2) is 0 Å². The molecule has 4 aromatic rings. The second kappa shape index (κ2) is 7.58. The number of aryl methyl sites for hydroxylation is 1. The second-order valence-electron chi connectivity index (χ2n) is 6.71. The minimum atomic E-state index is -0.332. The van der Waals surface area contributed by atoms with Crippen LogP contribution < -0.4 is 14.8 Å². The summed E-state index contributed by atoms with van der Waals surface area (Å²) in [6.07, 6.45) is 0.776. The molecule has 5 rings (SSSR count). The smallest absolute Gasteiger partial charge is 0.257 e. The van der Waals surface area contributed by atoms with Crippen LogP contribution in [0.2, 0.25) is 5.02 Å². The number of hydrogen-bond donors (Lipinski definition) is 1. The molecular formula is C20H16ClN5O3S. The summed E-state index contributed by atoms with van der Waals surface area (Å²) in [4.78, 5) is 13.6. The van der Waals surface area contributed by atoms with E-state index in [0.29, 0.717) is 41.0 Å². The van der Waals surface area contributed by atoms with E-state index in [9.17, 15) is 4.79 Å². The Morgan fingerprint density at radius 2 is 1.97 bits per heavy atom. The number of benzene rings is 2.